The number of hydrogen-bond acceptors (Lipinski definition) is 4. The maximum atomic E-state index is 11.4. The Hall–Kier alpha value is -1.32. The van der Waals surface area contributed by atoms with E-state index in [-0.39, 0.29) is 24.1 Å². The number of rotatable bonds is 0. The summed E-state index contributed by atoms with van der Waals surface area (Å²) in [6.07, 6.45) is 6.04. The summed E-state index contributed by atoms with van der Waals surface area (Å²) in [5.74, 6) is -0.389. The van der Waals surface area contributed by atoms with Crippen LogP contribution in [0.2, 0.25) is 0 Å². The van der Waals surface area contributed by atoms with Crippen LogP contribution in [0.4, 0.5) is 0 Å². The Balaban J connectivity index is 2.55. The van der Waals surface area contributed by atoms with Gasteiger partial charge >= 0.3 is 11.9 Å². The van der Waals surface area contributed by atoms with Crippen molar-refractivity contribution in [2.24, 2.45) is 0 Å². The molecule has 0 N–H and O–H groups in total. The van der Waals surface area contributed by atoms with Gasteiger partial charge in [0.25, 0.3) is 0 Å². The first-order valence-electron chi connectivity index (χ1n) is 6.12. The van der Waals surface area contributed by atoms with E-state index in [0.29, 0.717) is 32.1 Å². The number of ether oxygens (including phenoxy) is 2. The van der Waals surface area contributed by atoms with Crippen LogP contribution in [-0.2, 0) is 19.1 Å². The van der Waals surface area contributed by atoms with Gasteiger partial charge in [0.05, 0.1) is 0 Å². The molecule has 2 unspecified atom stereocenters. The molecule has 0 radical (unpaired) electrons. The quantitative estimate of drug-likeness (QED) is 0.482. The van der Waals surface area contributed by atoms with E-state index in [1.165, 1.54) is 0 Å². The van der Waals surface area contributed by atoms with E-state index in [0.717, 1.165) is 0 Å². The molecular weight excluding hydrogens is 220 g/mol. The predicted octanol–water partition coefficient (Wildman–Crippen LogP) is 2.37. The summed E-state index contributed by atoms with van der Waals surface area (Å²) in [6, 6.07) is 0. The van der Waals surface area contributed by atoms with Crippen LogP contribution in [0.1, 0.15) is 46.0 Å². The number of carbonyl (C=O) groups is 2. The van der Waals surface area contributed by atoms with E-state index in [4.69, 9.17) is 9.47 Å². The van der Waals surface area contributed by atoms with E-state index < -0.39 is 0 Å². The Morgan fingerprint density at radius 1 is 0.941 bits per heavy atom. The SMILES string of the molecule is CC1CC(C)OC(=O)CC/C=C/CCC(=O)O1. The van der Waals surface area contributed by atoms with Gasteiger partial charge in [-0.2, -0.15) is 0 Å². The third-order valence-electron chi connectivity index (χ3n) is 2.53. The molecular formula is C13H20O4. The summed E-state index contributed by atoms with van der Waals surface area (Å²) in [5.41, 5.74) is 0. The maximum Gasteiger partial charge on any atom is 0.306 e. The molecule has 17 heavy (non-hydrogen) atoms. The van der Waals surface area contributed by atoms with Crippen LogP contribution in [0.25, 0.3) is 0 Å². The molecule has 96 valence electrons. The highest BCUT2D eigenvalue weighted by Gasteiger charge is 2.16. The molecule has 4 heteroatoms. The topological polar surface area (TPSA) is 52.6 Å². The zero-order chi connectivity index (χ0) is 12.7. The molecule has 0 spiro atoms. The van der Waals surface area contributed by atoms with Crippen LogP contribution >= 0.6 is 0 Å². The van der Waals surface area contributed by atoms with Crippen molar-refractivity contribution < 1.29 is 19.1 Å². The molecule has 0 bridgehead atoms. The molecule has 0 saturated heterocycles. The second-order valence-corrected chi connectivity index (χ2v) is 4.39. The van der Waals surface area contributed by atoms with Crippen molar-refractivity contribution in [2.45, 2.75) is 58.2 Å². The van der Waals surface area contributed by atoms with Gasteiger partial charge in [0, 0.05) is 19.3 Å². The van der Waals surface area contributed by atoms with E-state index in [2.05, 4.69) is 0 Å². The molecule has 0 aromatic carbocycles. The molecule has 0 aromatic heterocycles. The summed E-state index contributed by atoms with van der Waals surface area (Å²) in [7, 11) is 0. The van der Waals surface area contributed by atoms with Gasteiger partial charge < -0.3 is 9.47 Å². The number of carbonyl (C=O) groups excluding carboxylic acids is 2. The van der Waals surface area contributed by atoms with Crippen molar-refractivity contribution in [3.63, 3.8) is 0 Å². The standard InChI is InChI=1S/C13H20O4/c1-10-9-11(2)17-13(15)8-6-4-3-5-7-12(14)16-10/h3-4,10-11H,5-9H2,1-2H3/b4-3+. The van der Waals surface area contributed by atoms with Crippen molar-refractivity contribution in [3.05, 3.63) is 12.2 Å². The van der Waals surface area contributed by atoms with Crippen LogP contribution in [-0.4, -0.2) is 24.1 Å². The third kappa shape index (κ3) is 6.09. The molecule has 1 aliphatic heterocycles. The van der Waals surface area contributed by atoms with E-state index in [9.17, 15) is 9.59 Å². The number of esters is 2. The minimum Gasteiger partial charge on any atom is -0.463 e. The Labute approximate surface area is 102 Å². The average molecular weight is 240 g/mol. The molecule has 1 aliphatic rings. The summed E-state index contributed by atoms with van der Waals surface area (Å²) < 4.78 is 10.4. The predicted molar refractivity (Wildman–Crippen MR) is 63.3 cm³/mol. The maximum absolute atomic E-state index is 11.4. The molecule has 2 atom stereocenters. The molecule has 0 fully saturated rings. The van der Waals surface area contributed by atoms with Crippen LogP contribution in [0.15, 0.2) is 12.2 Å². The molecule has 1 rings (SSSR count). The van der Waals surface area contributed by atoms with E-state index in [1.807, 2.05) is 26.0 Å². The minimum atomic E-state index is -0.213. The molecule has 0 aliphatic carbocycles. The van der Waals surface area contributed by atoms with Crippen LogP contribution < -0.4 is 0 Å². The number of cyclic esters (lactones) is 2. The first kappa shape index (κ1) is 13.7. The number of allylic oxidation sites excluding steroid dienone is 2. The fourth-order valence-corrected chi connectivity index (χ4v) is 1.77. The van der Waals surface area contributed by atoms with E-state index >= 15 is 0 Å². The molecule has 4 nitrogen and oxygen atoms in total. The van der Waals surface area contributed by atoms with Gasteiger partial charge in [0.1, 0.15) is 12.2 Å². The molecule has 1 heterocycles. The van der Waals surface area contributed by atoms with Crippen LogP contribution in [0, 0.1) is 0 Å². The van der Waals surface area contributed by atoms with Crippen molar-refractivity contribution in [1.82, 2.24) is 0 Å². The molecule has 0 saturated carbocycles. The fourth-order valence-electron chi connectivity index (χ4n) is 1.77. The van der Waals surface area contributed by atoms with Gasteiger partial charge in [0.2, 0.25) is 0 Å². The smallest absolute Gasteiger partial charge is 0.306 e. The lowest BCUT2D eigenvalue weighted by Gasteiger charge is -2.18. The average Bonchev–Trinajstić information content (AvgIpc) is 2.21. The summed E-state index contributed by atoms with van der Waals surface area (Å²) >= 11 is 0. The highest BCUT2D eigenvalue weighted by molar-refractivity contribution is 5.70. The molecule has 0 amide bonds. The highest BCUT2D eigenvalue weighted by atomic mass is 16.6. The molecule has 0 aromatic rings. The van der Waals surface area contributed by atoms with Crippen molar-refractivity contribution in [3.8, 4) is 0 Å². The lowest BCUT2D eigenvalue weighted by atomic mass is 10.2. The highest BCUT2D eigenvalue weighted by Crippen LogP contribution is 2.10. The Morgan fingerprint density at radius 3 is 1.76 bits per heavy atom. The summed E-state index contributed by atoms with van der Waals surface area (Å²) in [6.45, 7) is 3.63. The number of hydrogen-bond donors (Lipinski definition) is 0. The van der Waals surface area contributed by atoms with Crippen LogP contribution in [0.5, 0.6) is 0 Å². The monoisotopic (exact) mass is 240 g/mol. The van der Waals surface area contributed by atoms with Gasteiger partial charge in [-0.05, 0) is 26.7 Å². The third-order valence-corrected chi connectivity index (χ3v) is 2.53. The van der Waals surface area contributed by atoms with Gasteiger partial charge in [-0.3, -0.25) is 9.59 Å². The lowest BCUT2D eigenvalue weighted by Crippen LogP contribution is -2.23. The lowest BCUT2D eigenvalue weighted by molar-refractivity contribution is -0.153. The summed E-state index contributed by atoms with van der Waals surface area (Å²) in [5, 5.41) is 0. The Morgan fingerprint density at radius 2 is 1.35 bits per heavy atom. The van der Waals surface area contributed by atoms with Crippen molar-refractivity contribution >= 4 is 11.9 Å². The Kier molecular flexibility index (Phi) is 5.73. The van der Waals surface area contributed by atoms with E-state index in [1.54, 1.807) is 0 Å². The second-order valence-electron chi connectivity index (χ2n) is 4.39. The zero-order valence-corrected chi connectivity index (χ0v) is 10.5. The van der Waals surface area contributed by atoms with Gasteiger partial charge in [-0.15, -0.1) is 0 Å². The van der Waals surface area contributed by atoms with Gasteiger partial charge in [0.15, 0.2) is 0 Å². The first-order valence-corrected chi connectivity index (χ1v) is 6.12. The normalized spacial score (nSPS) is 30.2. The second kappa shape index (κ2) is 7.09. The largest absolute Gasteiger partial charge is 0.463 e. The minimum absolute atomic E-state index is 0.195. The van der Waals surface area contributed by atoms with Crippen molar-refractivity contribution in [1.29, 1.82) is 0 Å². The summed E-state index contributed by atoms with van der Waals surface area (Å²) in [4.78, 5) is 22.8. The van der Waals surface area contributed by atoms with Gasteiger partial charge in [-0.25, -0.2) is 0 Å². The zero-order valence-electron chi connectivity index (χ0n) is 10.5. The first-order chi connectivity index (χ1) is 8.08. The van der Waals surface area contributed by atoms with Gasteiger partial charge in [-0.1, -0.05) is 12.2 Å². The van der Waals surface area contributed by atoms with Crippen molar-refractivity contribution in [2.75, 3.05) is 0 Å². The van der Waals surface area contributed by atoms with Crippen LogP contribution in [0.3, 0.4) is 0 Å². The fraction of sp³-hybridized carbons (Fsp3) is 0.692. The Bertz CT molecular complexity index is 268.